The molecule has 0 atom stereocenters. The second kappa shape index (κ2) is 3.71. The third-order valence-electron chi connectivity index (χ3n) is 1.15. The molecule has 0 amide bonds. The molecule has 0 radical (unpaired) electrons. The van der Waals surface area contributed by atoms with Crippen molar-refractivity contribution >= 4 is 5.82 Å². The van der Waals surface area contributed by atoms with Crippen LogP contribution in [0.3, 0.4) is 0 Å². The molecule has 0 aromatic carbocycles. The number of hydrogen-bond acceptors (Lipinski definition) is 2. The zero-order chi connectivity index (χ0) is 8.10. The van der Waals surface area contributed by atoms with E-state index in [4.69, 9.17) is 0 Å². The van der Waals surface area contributed by atoms with Gasteiger partial charge in [-0.15, -0.1) is 6.58 Å². The molecule has 0 fully saturated rings. The van der Waals surface area contributed by atoms with Gasteiger partial charge in [0.1, 0.15) is 11.6 Å². The summed E-state index contributed by atoms with van der Waals surface area (Å²) in [6.07, 6.45) is 3.10. The summed E-state index contributed by atoms with van der Waals surface area (Å²) in [5.41, 5.74) is 0. The lowest BCUT2D eigenvalue weighted by Crippen LogP contribution is -1.99. The maximum Gasteiger partial charge on any atom is 0.129 e. The van der Waals surface area contributed by atoms with Crippen molar-refractivity contribution in [3.63, 3.8) is 0 Å². The van der Waals surface area contributed by atoms with Gasteiger partial charge in [-0.1, -0.05) is 6.08 Å². The van der Waals surface area contributed by atoms with Crippen LogP contribution < -0.4 is 5.32 Å². The van der Waals surface area contributed by atoms with Gasteiger partial charge in [0.05, 0.1) is 0 Å². The van der Waals surface area contributed by atoms with Gasteiger partial charge in [0.15, 0.2) is 0 Å². The predicted molar refractivity (Wildman–Crippen MR) is 42.9 cm³/mol. The summed E-state index contributed by atoms with van der Waals surface area (Å²) in [4.78, 5) is 3.88. The summed E-state index contributed by atoms with van der Waals surface area (Å²) in [7, 11) is 0. The maximum absolute atomic E-state index is 12.5. The number of rotatable bonds is 3. The van der Waals surface area contributed by atoms with Gasteiger partial charge in [0.25, 0.3) is 0 Å². The van der Waals surface area contributed by atoms with Crippen molar-refractivity contribution in [1.29, 1.82) is 0 Å². The van der Waals surface area contributed by atoms with Crippen LogP contribution in [-0.2, 0) is 0 Å². The quantitative estimate of drug-likeness (QED) is 0.668. The Morgan fingerprint density at radius 1 is 1.73 bits per heavy atom. The monoisotopic (exact) mass is 152 g/mol. The van der Waals surface area contributed by atoms with Gasteiger partial charge in [-0.2, -0.15) is 0 Å². The van der Waals surface area contributed by atoms with Crippen molar-refractivity contribution in [2.75, 3.05) is 11.9 Å². The van der Waals surface area contributed by atoms with Gasteiger partial charge in [0.2, 0.25) is 0 Å². The van der Waals surface area contributed by atoms with Gasteiger partial charge >= 0.3 is 0 Å². The predicted octanol–water partition coefficient (Wildman–Crippen LogP) is 1.82. The average Bonchev–Trinajstić information content (AvgIpc) is 2.01. The van der Waals surface area contributed by atoms with Gasteiger partial charge in [0, 0.05) is 18.8 Å². The molecule has 0 aliphatic rings. The Kier molecular flexibility index (Phi) is 2.60. The minimum Gasteiger partial charge on any atom is -0.367 e. The number of aromatic nitrogens is 1. The number of nitrogens with zero attached hydrogens (tertiary/aromatic N) is 1. The van der Waals surface area contributed by atoms with Crippen LogP contribution >= 0.6 is 0 Å². The highest BCUT2D eigenvalue weighted by atomic mass is 19.1. The fourth-order valence-electron chi connectivity index (χ4n) is 0.678. The molecule has 1 aromatic heterocycles. The zero-order valence-corrected chi connectivity index (χ0v) is 6.05. The number of pyridine rings is 1. The SMILES string of the molecule is C=CCNc1cc(F)ccn1. The summed E-state index contributed by atoms with van der Waals surface area (Å²) < 4.78 is 12.5. The summed E-state index contributed by atoms with van der Waals surface area (Å²) in [6, 6.07) is 2.64. The van der Waals surface area contributed by atoms with Crippen molar-refractivity contribution in [3.05, 3.63) is 36.8 Å². The Balaban J connectivity index is 2.63. The Hall–Kier alpha value is -1.38. The van der Waals surface area contributed by atoms with Crippen LogP contribution in [0.4, 0.5) is 10.2 Å². The first-order valence-corrected chi connectivity index (χ1v) is 3.29. The maximum atomic E-state index is 12.5. The first-order valence-electron chi connectivity index (χ1n) is 3.29. The normalized spacial score (nSPS) is 9.18. The van der Waals surface area contributed by atoms with Crippen LogP contribution in [0.5, 0.6) is 0 Å². The van der Waals surface area contributed by atoms with Crippen molar-refractivity contribution in [3.8, 4) is 0 Å². The summed E-state index contributed by atoms with van der Waals surface area (Å²) in [6.45, 7) is 4.11. The van der Waals surface area contributed by atoms with E-state index < -0.39 is 0 Å². The molecule has 0 bridgehead atoms. The van der Waals surface area contributed by atoms with E-state index in [0.29, 0.717) is 12.4 Å². The van der Waals surface area contributed by atoms with E-state index in [2.05, 4.69) is 16.9 Å². The van der Waals surface area contributed by atoms with E-state index in [1.54, 1.807) is 6.08 Å². The molecule has 1 aromatic rings. The third kappa shape index (κ3) is 2.37. The van der Waals surface area contributed by atoms with Gasteiger partial charge in [-0.3, -0.25) is 0 Å². The molecule has 0 saturated heterocycles. The highest BCUT2D eigenvalue weighted by Crippen LogP contribution is 2.03. The van der Waals surface area contributed by atoms with Gasteiger partial charge in [-0.25, -0.2) is 9.37 Å². The largest absolute Gasteiger partial charge is 0.367 e. The van der Waals surface area contributed by atoms with E-state index >= 15 is 0 Å². The zero-order valence-electron chi connectivity index (χ0n) is 6.05. The highest BCUT2D eigenvalue weighted by Gasteiger charge is 1.92. The van der Waals surface area contributed by atoms with E-state index in [0.717, 1.165) is 0 Å². The topological polar surface area (TPSA) is 24.9 Å². The van der Waals surface area contributed by atoms with E-state index in [-0.39, 0.29) is 5.82 Å². The van der Waals surface area contributed by atoms with Crippen molar-refractivity contribution in [2.24, 2.45) is 0 Å². The lowest BCUT2D eigenvalue weighted by Gasteiger charge is -1.99. The molecule has 1 heterocycles. The standard InChI is InChI=1S/C8H9FN2/c1-2-4-10-8-6-7(9)3-5-11-8/h2-3,5-6H,1,4H2,(H,10,11). The summed E-state index contributed by atoms with van der Waals surface area (Å²) in [5.74, 6) is 0.247. The Labute approximate surface area is 64.8 Å². The smallest absolute Gasteiger partial charge is 0.129 e. The van der Waals surface area contributed by atoms with Crippen LogP contribution in [0.2, 0.25) is 0 Å². The summed E-state index contributed by atoms with van der Waals surface area (Å²) in [5, 5.41) is 2.87. The highest BCUT2D eigenvalue weighted by molar-refractivity contribution is 5.34. The molecule has 0 aliphatic heterocycles. The second-order valence-electron chi connectivity index (χ2n) is 2.03. The third-order valence-corrected chi connectivity index (χ3v) is 1.15. The van der Waals surface area contributed by atoms with Gasteiger partial charge < -0.3 is 5.32 Å². The number of hydrogen-bond donors (Lipinski definition) is 1. The minimum absolute atomic E-state index is 0.286. The van der Waals surface area contributed by atoms with Crippen LogP contribution in [0.1, 0.15) is 0 Å². The van der Waals surface area contributed by atoms with Crippen molar-refractivity contribution in [2.45, 2.75) is 0 Å². The van der Waals surface area contributed by atoms with E-state index in [1.807, 2.05) is 0 Å². The molecule has 0 saturated carbocycles. The van der Waals surface area contributed by atoms with Crippen LogP contribution in [0.15, 0.2) is 31.0 Å². The molecule has 1 N–H and O–H groups in total. The molecule has 11 heavy (non-hydrogen) atoms. The lowest BCUT2D eigenvalue weighted by atomic mass is 10.4. The fraction of sp³-hybridized carbons (Fsp3) is 0.125. The van der Waals surface area contributed by atoms with Gasteiger partial charge in [-0.05, 0) is 6.07 Å². The van der Waals surface area contributed by atoms with Crippen molar-refractivity contribution < 1.29 is 4.39 Å². The fourth-order valence-corrected chi connectivity index (χ4v) is 0.678. The Morgan fingerprint density at radius 3 is 3.18 bits per heavy atom. The van der Waals surface area contributed by atoms with E-state index in [9.17, 15) is 4.39 Å². The van der Waals surface area contributed by atoms with Crippen molar-refractivity contribution in [1.82, 2.24) is 4.98 Å². The molecular formula is C8H9FN2. The lowest BCUT2D eigenvalue weighted by molar-refractivity contribution is 0.626. The number of anilines is 1. The Bertz CT molecular complexity index is 248. The average molecular weight is 152 g/mol. The summed E-state index contributed by atoms with van der Waals surface area (Å²) >= 11 is 0. The first-order chi connectivity index (χ1) is 5.33. The van der Waals surface area contributed by atoms with Crippen LogP contribution in [0, 0.1) is 5.82 Å². The molecular weight excluding hydrogens is 143 g/mol. The van der Waals surface area contributed by atoms with Crippen LogP contribution in [-0.4, -0.2) is 11.5 Å². The number of halogens is 1. The van der Waals surface area contributed by atoms with Crippen LogP contribution in [0.25, 0.3) is 0 Å². The molecule has 58 valence electrons. The molecule has 3 heteroatoms. The first kappa shape index (κ1) is 7.72. The number of nitrogens with one attached hydrogen (secondary N) is 1. The second-order valence-corrected chi connectivity index (χ2v) is 2.03. The minimum atomic E-state index is -0.286. The molecule has 0 spiro atoms. The molecule has 2 nitrogen and oxygen atoms in total. The van der Waals surface area contributed by atoms with E-state index in [1.165, 1.54) is 18.3 Å². The molecule has 0 unspecified atom stereocenters. The molecule has 0 aliphatic carbocycles. The molecule has 1 rings (SSSR count). The Morgan fingerprint density at radius 2 is 2.55 bits per heavy atom.